The number of amides is 1. The summed E-state index contributed by atoms with van der Waals surface area (Å²) in [6.07, 6.45) is 17.6. The molecule has 3 saturated carbocycles. The smallest absolute Gasteiger partial charge is 0.246 e. The number of carbonyl (C=O) groups excluding carboxylic acids is 1. The van der Waals surface area contributed by atoms with Crippen molar-refractivity contribution in [3.05, 3.63) is 35.9 Å². The van der Waals surface area contributed by atoms with E-state index >= 15 is 0 Å². The number of carbonyl (C=O) groups is 1. The molecule has 6 atom stereocenters. The van der Waals surface area contributed by atoms with Gasteiger partial charge in [0.2, 0.25) is 5.91 Å². The number of hydrogen-bond acceptors (Lipinski definition) is 2. The summed E-state index contributed by atoms with van der Waals surface area (Å²) in [6, 6.07) is 0.375. The molecule has 1 aromatic rings. The van der Waals surface area contributed by atoms with Gasteiger partial charge in [-0.05, 0) is 73.8 Å². The molecule has 27 heavy (non-hydrogen) atoms. The van der Waals surface area contributed by atoms with Crippen molar-refractivity contribution >= 4 is 12.0 Å². The van der Waals surface area contributed by atoms with Gasteiger partial charge >= 0.3 is 0 Å². The van der Waals surface area contributed by atoms with Crippen LogP contribution in [0.25, 0.3) is 6.08 Å². The molecule has 4 nitrogen and oxygen atoms in total. The van der Waals surface area contributed by atoms with Crippen LogP contribution in [0, 0.1) is 28.6 Å². The van der Waals surface area contributed by atoms with Gasteiger partial charge in [-0.3, -0.25) is 4.79 Å². The summed E-state index contributed by atoms with van der Waals surface area (Å²) in [7, 11) is 2.00. The standard InChI is InChI=1S/C23H31N3O/c1-22-10-8-18-16(5-7-19-23(18,2)11-9-21(27)26(19)3)17(22)6-4-15(22)14-20-24-12-13-25-20/h9,11-14,16-19H,4-8,10H2,1-3H3,(H,24,25)/t16-,17-,18+,19?,22+,23+/m0/s1. The SMILES string of the molecule is CN1C(=O)C=C[C@@]2(C)C1CC[C@@H]1[C@H]2CC[C@]2(C)C(=Cc3ncc[nH]3)CC[C@@H]12. The molecule has 1 aliphatic heterocycles. The fourth-order valence-corrected chi connectivity index (χ4v) is 7.34. The second-order valence-electron chi connectivity index (χ2n) is 9.76. The van der Waals surface area contributed by atoms with Gasteiger partial charge in [0, 0.05) is 30.9 Å². The summed E-state index contributed by atoms with van der Waals surface area (Å²) in [5.41, 5.74) is 2.05. The molecule has 0 aromatic carbocycles. The van der Waals surface area contributed by atoms with Gasteiger partial charge in [0.05, 0.1) is 0 Å². The molecular formula is C23H31N3O. The minimum Gasteiger partial charge on any atom is -0.345 e. The number of rotatable bonds is 1. The molecule has 144 valence electrons. The molecule has 3 aliphatic carbocycles. The summed E-state index contributed by atoms with van der Waals surface area (Å²) < 4.78 is 0. The molecule has 4 heteroatoms. The molecule has 0 saturated heterocycles. The van der Waals surface area contributed by atoms with Gasteiger partial charge in [-0.2, -0.15) is 0 Å². The Balaban J connectivity index is 1.47. The predicted molar refractivity (Wildman–Crippen MR) is 107 cm³/mol. The maximum atomic E-state index is 12.2. The Morgan fingerprint density at radius 2 is 2.07 bits per heavy atom. The van der Waals surface area contributed by atoms with Gasteiger partial charge in [0.1, 0.15) is 5.82 Å². The molecule has 5 rings (SSSR count). The first-order valence-corrected chi connectivity index (χ1v) is 10.6. The summed E-state index contributed by atoms with van der Waals surface area (Å²) >= 11 is 0. The van der Waals surface area contributed by atoms with Crippen molar-refractivity contribution in [2.24, 2.45) is 28.6 Å². The van der Waals surface area contributed by atoms with Gasteiger partial charge in [0.15, 0.2) is 0 Å². The van der Waals surface area contributed by atoms with Crippen molar-refractivity contribution in [3.8, 4) is 0 Å². The molecular weight excluding hydrogens is 334 g/mol. The minimum absolute atomic E-state index is 0.139. The van der Waals surface area contributed by atoms with Gasteiger partial charge in [-0.1, -0.05) is 25.5 Å². The molecule has 1 amide bonds. The van der Waals surface area contributed by atoms with Crippen LogP contribution in [0.5, 0.6) is 0 Å². The van der Waals surface area contributed by atoms with E-state index in [1.54, 1.807) is 5.57 Å². The molecule has 1 N–H and O–H groups in total. The molecule has 0 bridgehead atoms. The van der Waals surface area contributed by atoms with E-state index in [4.69, 9.17) is 0 Å². The highest BCUT2D eigenvalue weighted by Crippen LogP contribution is 2.65. The molecule has 4 aliphatic rings. The maximum Gasteiger partial charge on any atom is 0.246 e. The third kappa shape index (κ3) is 2.34. The van der Waals surface area contributed by atoms with E-state index in [1.807, 2.05) is 30.4 Å². The second-order valence-corrected chi connectivity index (χ2v) is 9.76. The van der Waals surface area contributed by atoms with Crippen LogP contribution in [0.3, 0.4) is 0 Å². The van der Waals surface area contributed by atoms with Crippen molar-refractivity contribution in [1.82, 2.24) is 14.9 Å². The quantitative estimate of drug-likeness (QED) is 0.800. The number of aromatic amines is 1. The van der Waals surface area contributed by atoms with Crippen molar-refractivity contribution in [2.45, 2.75) is 58.4 Å². The lowest BCUT2D eigenvalue weighted by atomic mass is 9.48. The van der Waals surface area contributed by atoms with E-state index in [0.29, 0.717) is 17.4 Å². The largest absolute Gasteiger partial charge is 0.345 e. The Hall–Kier alpha value is -1.84. The highest BCUT2D eigenvalue weighted by molar-refractivity contribution is 5.89. The number of hydrogen-bond donors (Lipinski definition) is 1. The normalized spacial score (nSPS) is 44.9. The van der Waals surface area contributed by atoms with Gasteiger partial charge in [0.25, 0.3) is 0 Å². The summed E-state index contributed by atoms with van der Waals surface area (Å²) in [5, 5.41) is 0. The van der Waals surface area contributed by atoms with Crippen molar-refractivity contribution in [3.63, 3.8) is 0 Å². The van der Waals surface area contributed by atoms with Gasteiger partial charge in [-0.25, -0.2) is 4.98 Å². The zero-order chi connectivity index (χ0) is 18.8. The monoisotopic (exact) mass is 365 g/mol. The average molecular weight is 366 g/mol. The molecule has 1 aromatic heterocycles. The highest BCUT2D eigenvalue weighted by Gasteiger charge is 2.59. The second kappa shape index (κ2) is 5.83. The Bertz CT molecular complexity index is 810. The first-order chi connectivity index (χ1) is 12.9. The van der Waals surface area contributed by atoms with Gasteiger partial charge in [-0.15, -0.1) is 0 Å². The number of nitrogens with one attached hydrogen (secondary N) is 1. The van der Waals surface area contributed by atoms with E-state index in [-0.39, 0.29) is 11.3 Å². The number of nitrogens with zero attached hydrogens (tertiary/aromatic N) is 2. The lowest BCUT2D eigenvalue weighted by molar-refractivity contribution is -0.137. The van der Waals surface area contributed by atoms with Crippen LogP contribution in [0.1, 0.15) is 58.2 Å². The van der Waals surface area contributed by atoms with Crippen LogP contribution in [-0.2, 0) is 4.79 Å². The van der Waals surface area contributed by atoms with Crippen LogP contribution in [-0.4, -0.2) is 33.9 Å². The van der Waals surface area contributed by atoms with E-state index in [1.165, 1.54) is 32.1 Å². The number of aromatic nitrogens is 2. The van der Waals surface area contributed by atoms with Crippen LogP contribution >= 0.6 is 0 Å². The van der Waals surface area contributed by atoms with Gasteiger partial charge < -0.3 is 9.88 Å². The average Bonchev–Trinajstić information content (AvgIpc) is 3.27. The summed E-state index contributed by atoms with van der Waals surface area (Å²) in [5.74, 6) is 3.43. The lowest BCUT2D eigenvalue weighted by Gasteiger charge is -2.59. The van der Waals surface area contributed by atoms with E-state index in [9.17, 15) is 4.79 Å². The third-order valence-corrected chi connectivity index (χ3v) is 8.81. The Kier molecular flexibility index (Phi) is 3.73. The van der Waals surface area contributed by atoms with E-state index in [2.05, 4.69) is 36.0 Å². The number of fused-ring (bicyclic) bond motifs is 5. The number of allylic oxidation sites excluding steroid dienone is 1. The molecule has 2 heterocycles. The maximum absolute atomic E-state index is 12.2. The number of likely N-dealkylation sites (N-methyl/N-ethyl adjacent to an activating group) is 1. The fourth-order valence-electron chi connectivity index (χ4n) is 7.34. The van der Waals surface area contributed by atoms with Crippen LogP contribution in [0.15, 0.2) is 30.1 Å². The predicted octanol–water partition coefficient (Wildman–Crippen LogP) is 4.43. The first kappa shape index (κ1) is 17.3. The van der Waals surface area contributed by atoms with Crippen molar-refractivity contribution < 1.29 is 4.79 Å². The summed E-state index contributed by atoms with van der Waals surface area (Å²) in [6.45, 7) is 4.93. The highest BCUT2D eigenvalue weighted by atomic mass is 16.2. The number of imidazole rings is 1. The topological polar surface area (TPSA) is 49.0 Å². The zero-order valence-corrected chi connectivity index (χ0v) is 16.7. The van der Waals surface area contributed by atoms with E-state index < -0.39 is 0 Å². The number of H-pyrrole nitrogens is 1. The molecule has 1 unspecified atom stereocenters. The zero-order valence-electron chi connectivity index (χ0n) is 16.7. The van der Waals surface area contributed by atoms with Crippen LogP contribution in [0.4, 0.5) is 0 Å². The molecule has 0 radical (unpaired) electrons. The lowest BCUT2D eigenvalue weighted by Crippen LogP contribution is -2.59. The van der Waals surface area contributed by atoms with Crippen molar-refractivity contribution in [1.29, 1.82) is 0 Å². The van der Waals surface area contributed by atoms with Crippen LogP contribution < -0.4 is 0 Å². The van der Waals surface area contributed by atoms with E-state index in [0.717, 1.165) is 24.1 Å². The van der Waals surface area contributed by atoms with Crippen molar-refractivity contribution in [2.75, 3.05) is 7.05 Å². The fraction of sp³-hybridized carbons (Fsp3) is 0.652. The Morgan fingerprint density at radius 3 is 2.85 bits per heavy atom. The first-order valence-electron chi connectivity index (χ1n) is 10.6. The third-order valence-electron chi connectivity index (χ3n) is 8.81. The minimum atomic E-state index is 0.139. The van der Waals surface area contributed by atoms with Crippen LogP contribution in [0.2, 0.25) is 0 Å². The molecule has 0 spiro atoms. The molecule has 3 fully saturated rings. The summed E-state index contributed by atoms with van der Waals surface area (Å²) in [4.78, 5) is 21.9. The Labute approximate surface area is 162 Å². The Morgan fingerprint density at radius 1 is 1.22 bits per heavy atom.